The molecule has 0 spiro atoms. The van der Waals surface area contributed by atoms with Gasteiger partial charge >= 0.3 is 148 Å². The van der Waals surface area contributed by atoms with Crippen LogP contribution in [0.5, 0.6) is 0 Å². The van der Waals surface area contributed by atoms with Crippen LogP contribution in [0.15, 0.2) is 91.0 Å². The molecule has 0 saturated carbocycles. The molecule has 2 nitrogen and oxygen atoms in total. The van der Waals surface area contributed by atoms with E-state index in [4.69, 9.17) is 4.74 Å². The van der Waals surface area contributed by atoms with Crippen molar-refractivity contribution in [3.63, 3.8) is 0 Å². The van der Waals surface area contributed by atoms with Gasteiger partial charge in [-0.25, -0.2) is 0 Å². The molecule has 1 saturated heterocycles. The van der Waals surface area contributed by atoms with E-state index in [1.807, 2.05) is 18.2 Å². The molecule has 0 N–H and O–H groups in total. The zero-order valence-corrected chi connectivity index (χ0v) is 15.1. The molecular weight excluding hydrogens is 327 g/mol. The van der Waals surface area contributed by atoms with Crippen LogP contribution in [0, 0.1) is 0 Å². The van der Waals surface area contributed by atoms with Crippen LogP contribution in [0.1, 0.15) is 0 Å². The Morgan fingerprint density at radius 1 is 0.760 bits per heavy atom. The zero-order chi connectivity index (χ0) is 17.4. The number of methoxy groups -OCH3 is 1. The summed E-state index contributed by atoms with van der Waals surface area (Å²) < 4.78 is 5.21. The van der Waals surface area contributed by atoms with E-state index in [2.05, 4.69) is 72.8 Å². The summed E-state index contributed by atoms with van der Waals surface area (Å²) in [4.78, 5) is 12.7. The quantitative estimate of drug-likeness (QED) is 0.535. The second-order valence-electron chi connectivity index (χ2n) is 6.61. The summed E-state index contributed by atoms with van der Waals surface area (Å²) in [6.07, 6.45) is 0.844. The summed E-state index contributed by atoms with van der Waals surface area (Å²) in [6, 6.07) is 31.6. The maximum absolute atomic E-state index is 12.7. The Hall–Kier alpha value is -2.44. The first-order valence-electron chi connectivity index (χ1n) is 8.49. The molecule has 0 amide bonds. The number of hydrogen-bond acceptors (Lipinski definition) is 2. The Morgan fingerprint density at radius 2 is 1.12 bits per heavy atom. The number of benzene rings is 3. The topological polar surface area (TPSA) is 26.3 Å². The van der Waals surface area contributed by atoms with Crippen molar-refractivity contribution in [3.05, 3.63) is 91.0 Å². The van der Waals surface area contributed by atoms with Gasteiger partial charge < -0.3 is 0 Å². The van der Waals surface area contributed by atoms with Gasteiger partial charge in [-0.15, -0.1) is 0 Å². The molecule has 1 unspecified atom stereocenters. The molecule has 25 heavy (non-hydrogen) atoms. The van der Waals surface area contributed by atoms with Crippen LogP contribution in [-0.2, 0) is 9.53 Å². The van der Waals surface area contributed by atoms with E-state index in [0.717, 1.165) is 6.16 Å². The van der Waals surface area contributed by atoms with E-state index in [9.17, 15) is 4.79 Å². The summed E-state index contributed by atoms with van der Waals surface area (Å²) >= 11 is 0. The molecule has 4 rings (SSSR count). The fourth-order valence-electron chi connectivity index (χ4n) is 4.36. The van der Waals surface area contributed by atoms with Gasteiger partial charge in [0.25, 0.3) is 0 Å². The molecule has 3 aromatic rings. The normalized spacial score (nSPS) is 21.5. The summed E-state index contributed by atoms with van der Waals surface area (Å²) in [5, 5.41) is 3.80. The van der Waals surface area contributed by atoms with E-state index in [1.54, 1.807) is 0 Å². The van der Waals surface area contributed by atoms with E-state index in [-0.39, 0.29) is 11.6 Å². The Morgan fingerprint density at radius 3 is 1.44 bits per heavy atom. The third-order valence-electron chi connectivity index (χ3n) is 5.62. The number of hydrogen-bond donors (Lipinski definition) is 0. The van der Waals surface area contributed by atoms with Crippen LogP contribution in [0.4, 0.5) is 0 Å². The van der Waals surface area contributed by atoms with Crippen molar-refractivity contribution in [1.29, 1.82) is 0 Å². The van der Waals surface area contributed by atoms with Crippen LogP contribution >= 0.6 is 6.60 Å². The SMILES string of the molecule is COC(=O)C1CP1(c1ccccc1)(c1ccccc1)c1ccccc1. The van der Waals surface area contributed by atoms with Gasteiger partial charge in [0.2, 0.25) is 0 Å². The van der Waals surface area contributed by atoms with Gasteiger partial charge in [0, 0.05) is 0 Å². The molecule has 0 aliphatic carbocycles. The number of carbonyl (C=O) groups is 1. The van der Waals surface area contributed by atoms with Gasteiger partial charge in [-0.2, -0.15) is 0 Å². The zero-order valence-electron chi connectivity index (χ0n) is 14.2. The molecule has 1 atom stereocenters. The van der Waals surface area contributed by atoms with Crippen molar-refractivity contribution in [2.45, 2.75) is 5.66 Å². The van der Waals surface area contributed by atoms with E-state index < -0.39 is 6.60 Å². The fourth-order valence-corrected chi connectivity index (χ4v) is 11.6. The average Bonchev–Trinajstić information content (AvgIpc) is 3.43. The third-order valence-corrected chi connectivity index (χ3v) is 12.5. The van der Waals surface area contributed by atoms with E-state index in [1.165, 1.54) is 23.0 Å². The first kappa shape index (κ1) is 16.1. The Balaban J connectivity index is 2.10. The Labute approximate surface area is 148 Å². The standard InChI is InChI=1S/C22H21O2P/c1-24-22(23)21-17-25(21,18-11-5-2-6-12-18,19-13-7-3-8-14-19)20-15-9-4-10-16-20/h2-16,21H,17H2,1H3. The molecule has 126 valence electrons. The molecule has 3 aromatic carbocycles. The monoisotopic (exact) mass is 348 g/mol. The van der Waals surface area contributed by atoms with Crippen molar-refractivity contribution in [3.8, 4) is 0 Å². The van der Waals surface area contributed by atoms with Gasteiger partial charge in [0.15, 0.2) is 0 Å². The summed E-state index contributed by atoms with van der Waals surface area (Å²) in [5.74, 6) is -0.103. The first-order chi connectivity index (χ1) is 12.2. The van der Waals surface area contributed by atoms with Gasteiger partial charge in [-0.05, 0) is 0 Å². The third kappa shape index (κ3) is 2.04. The Bertz CT molecular complexity index is 792. The average molecular weight is 348 g/mol. The molecule has 1 aliphatic heterocycles. The van der Waals surface area contributed by atoms with Gasteiger partial charge in [0.05, 0.1) is 0 Å². The summed E-state index contributed by atoms with van der Waals surface area (Å²) in [6.45, 7) is -2.83. The van der Waals surface area contributed by atoms with Crippen molar-refractivity contribution >= 4 is 28.5 Å². The second-order valence-corrected chi connectivity index (χ2v) is 11.9. The minimum atomic E-state index is -2.83. The van der Waals surface area contributed by atoms with Crippen LogP contribution < -0.4 is 15.9 Å². The molecule has 0 bridgehead atoms. The van der Waals surface area contributed by atoms with Gasteiger partial charge in [-0.3, -0.25) is 0 Å². The maximum atomic E-state index is 12.7. The molecule has 3 heteroatoms. The molecule has 1 fully saturated rings. The minimum absolute atomic E-state index is 0.103. The first-order valence-corrected chi connectivity index (χ1v) is 11.0. The Kier molecular flexibility index (Phi) is 3.74. The number of rotatable bonds is 4. The van der Waals surface area contributed by atoms with Gasteiger partial charge in [-0.1, -0.05) is 0 Å². The van der Waals surface area contributed by atoms with Crippen molar-refractivity contribution in [2.75, 3.05) is 13.3 Å². The van der Waals surface area contributed by atoms with Crippen LogP contribution in [-0.4, -0.2) is 24.9 Å². The second kappa shape index (κ2) is 5.82. The fraction of sp³-hybridized carbons (Fsp3) is 0.136. The summed E-state index contributed by atoms with van der Waals surface area (Å²) in [7, 11) is 1.49. The molecule has 1 heterocycles. The van der Waals surface area contributed by atoms with Crippen LogP contribution in [0.2, 0.25) is 0 Å². The predicted octanol–water partition coefficient (Wildman–Crippen LogP) is 3.07. The van der Waals surface area contributed by atoms with Crippen molar-refractivity contribution < 1.29 is 9.53 Å². The predicted molar refractivity (Wildman–Crippen MR) is 106 cm³/mol. The molecule has 0 radical (unpaired) electrons. The molecule has 1 aliphatic rings. The number of carbonyl (C=O) groups excluding carboxylic acids is 1. The van der Waals surface area contributed by atoms with Crippen LogP contribution in [0.25, 0.3) is 0 Å². The van der Waals surface area contributed by atoms with Crippen molar-refractivity contribution in [2.24, 2.45) is 0 Å². The van der Waals surface area contributed by atoms with Crippen LogP contribution in [0.3, 0.4) is 0 Å². The summed E-state index contributed by atoms with van der Waals surface area (Å²) in [5.41, 5.74) is -0.108. The van der Waals surface area contributed by atoms with Crippen molar-refractivity contribution in [1.82, 2.24) is 0 Å². The van der Waals surface area contributed by atoms with E-state index in [0.29, 0.717) is 0 Å². The molecule has 0 aromatic heterocycles. The number of ether oxygens (including phenoxy) is 1. The number of esters is 1. The van der Waals surface area contributed by atoms with Gasteiger partial charge in [0.1, 0.15) is 0 Å². The van der Waals surface area contributed by atoms with E-state index >= 15 is 0 Å². The molecular formula is C22H21O2P.